The topological polar surface area (TPSA) is 6.25 Å². The van der Waals surface area contributed by atoms with Crippen LogP contribution < -0.4 is 0 Å². The first kappa shape index (κ1) is 17.1. The number of hydrogen-bond donors (Lipinski definition) is 0. The molecule has 2 aromatic rings. The van der Waals surface area contributed by atoms with Crippen molar-refractivity contribution in [3.05, 3.63) is 70.8 Å². The van der Waals surface area contributed by atoms with Gasteiger partial charge in [0.25, 0.3) is 0 Å². The summed E-state index contributed by atoms with van der Waals surface area (Å²) >= 11 is 0. The summed E-state index contributed by atoms with van der Waals surface area (Å²) in [5, 5.41) is 0. The van der Waals surface area contributed by atoms with Crippen LogP contribution in [-0.4, -0.2) is 36.2 Å². The fraction of sp³-hybridized carbons (Fsp3) is 0.316. The van der Waals surface area contributed by atoms with E-state index in [0.29, 0.717) is 12.1 Å². The highest BCUT2D eigenvalue weighted by Gasteiger charge is 2.48. The molecule has 0 radical (unpaired) electrons. The van der Waals surface area contributed by atoms with Crippen LogP contribution in [0.3, 0.4) is 0 Å². The lowest BCUT2D eigenvalue weighted by atomic mass is 9.83. The van der Waals surface area contributed by atoms with E-state index in [9.17, 15) is 17.3 Å². The van der Waals surface area contributed by atoms with E-state index in [2.05, 4.69) is 64.3 Å². The fourth-order valence-corrected chi connectivity index (χ4v) is 4.39. The summed E-state index contributed by atoms with van der Waals surface area (Å²) in [6, 6.07) is 19.0. The fourth-order valence-electron chi connectivity index (χ4n) is 4.39. The summed E-state index contributed by atoms with van der Waals surface area (Å²) in [7, 11) is -6.00. The molecule has 7 heteroatoms. The largest absolute Gasteiger partial charge is 0.673 e. The third kappa shape index (κ3) is 3.22. The third-order valence-electron chi connectivity index (χ3n) is 5.34. The summed E-state index contributed by atoms with van der Waals surface area (Å²) in [5.74, 6) is 0. The van der Waals surface area contributed by atoms with Gasteiger partial charge in [-0.25, -0.2) is 0 Å². The standard InChI is InChI=1S/C19H19N2.BF4/c1-3-7-16-14(5-1)9-11-20-13-21-12-10-15-6-2-4-8-17(15)19(21)18(16)20;2-1(3,4)5/h1-8,13,18-19H,9-12H2;/q+1;-1/t18-,19-;/m0./s1. The molecule has 0 unspecified atom stereocenters. The first-order valence-electron chi connectivity index (χ1n) is 8.81. The lowest BCUT2D eigenvalue weighted by Crippen LogP contribution is -2.34. The minimum Gasteiger partial charge on any atom is -0.418 e. The van der Waals surface area contributed by atoms with Crippen molar-refractivity contribution in [1.82, 2.24) is 4.90 Å². The SMILES string of the molecule is C1=[N+]2CCc3ccccc3[C@H]2[C@@H]2c3ccccc3CCN12.F[B-](F)(F)F. The van der Waals surface area contributed by atoms with Crippen molar-refractivity contribution in [3.63, 3.8) is 0 Å². The molecule has 136 valence electrons. The predicted octanol–water partition coefficient (Wildman–Crippen LogP) is 4.24. The van der Waals surface area contributed by atoms with Crippen LogP contribution in [0.1, 0.15) is 34.3 Å². The molecule has 0 spiro atoms. The van der Waals surface area contributed by atoms with E-state index < -0.39 is 7.25 Å². The van der Waals surface area contributed by atoms with Gasteiger partial charge in [-0.15, -0.1) is 0 Å². The quantitative estimate of drug-likeness (QED) is 0.386. The highest BCUT2D eigenvalue weighted by molar-refractivity contribution is 6.50. The monoisotopic (exact) mass is 362 g/mol. The highest BCUT2D eigenvalue weighted by Crippen LogP contribution is 2.45. The zero-order chi connectivity index (χ0) is 18.3. The second kappa shape index (κ2) is 6.45. The van der Waals surface area contributed by atoms with Crippen LogP contribution in [0.2, 0.25) is 0 Å². The summed E-state index contributed by atoms with van der Waals surface area (Å²) < 4.78 is 41.6. The molecule has 0 saturated carbocycles. The lowest BCUT2D eigenvalue weighted by Gasteiger charge is -2.32. The average Bonchev–Trinajstić information content (AvgIpc) is 3.00. The van der Waals surface area contributed by atoms with Gasteiger partial charge in [0, 0.05) is 24.0 Å². The van der Waals surface area contributed by atoms with Gasteiger partial charge in [-0.2, -0.15) is 0 Å². The third-order valence-corrected chi connectivity index (χ3v) is 5.34. The zero-order valence-electron chi connectivity index (χ0n) is 14.2. The molecule has 0 N–H and O–H groups in total. The van der Waals surface area contributed by atoms with Crippen LogP contribution in [0.15, 0.2) is 48.5 Å². The number of fused-ring (bicyclic) bond motifs is 7. The Morgan fingerprint density at radius 3 is 2.12 bits per heavy atom. The summed E-state index contributed by atoms with van der Waals surface area (Å²) in [6.07, 6.45) is 4.73. The van der Waals surface area contributed by atoms with Gasteiger partial charge in [-0.1, -0.05) is 48.5 Å². The second-order valence-corrected chi connectivity index (χ2v) is 6.87. The number of benzene rings is 2. The number of halogens is 4. The van der Waals surface area contributed by atoms with Crippen LogP contribution in [0.5, 0.6) is 0 Å². The first-order chi connectivity index (χ1) is 12.4. The van der Waals surface area contributed by atoms with E-state index in [0.717, 1.165) is 13.1 Å². The molecule has 0 amide bonds. The molecule has 5 rings (SSSR count). The minimum atomic E-state index is -6.00. The highest BCUT2D eigenvalue weighted by atomic mass is 19.5. The molecule has 3 aliphatic heterocycles. The van der Waals surface area contributed by atoms with Crippen molar-refractivity contribution < 1.29 is 21.8 Å². The normalized spacial score (nSPS) is 22.9. The molecule has 3 heterocycles. The predicted molar refractivity (Wildman–Crippen MR) is 93.9 cm³/mol. The van der Waals surface area contributed by atoms with Gasteiger partial charge >= 0.3 is 7.25 Å². The van der Waals surface area contributed by atoms with Gasteiger partial charge in [0.05, 0.1) is 13.1 Å². The van der Waals surface area contributed by atoms with E-state index in [1.54, 1.807) is 0 Å². The average molecular weight is 362 g/mol. The lowest BCUT2D eigenvalue weighted by molar-refractivity contribution is -0.567. The van der Waals surface area contributed by atoms with Crippen molar-refractivity contribution in [1.29, 1.82) is 0 Å². The maximum atomic E-state index is 9.75. The van der Waals surface area contributed by atoms with E-state index >= 15 is 0 Å². The van der Waals surface area contributed by atoms with E-state index in [1.165, 1.54) is 35.1 Å². The number of nitrogens with zero attached hydrogens (tertiary/aromatic N) is 2. The summed E-state index contributed by atoms with van der Waals surface area (Å²) in [4.78, 5) is 2.56. The summed E-state index contributed by atoms with van der Waals surface area (Å²) in [6.45, 7) is 2.30. The van der Waals surface area contributed by atoms with Gasteiger partial charge < -0.3 is 17.3 Å². The first-order valence-corrected chi connectivity index (χ1v) is 8.81. The molecule has 2 nitrogen and oxygen atoms in total. The Labute approximate surface area is 149 Å². The Bertz CT molecular complexity index is 843. The van der Waals surface area contributed by atoms with Gasteiger partial charge in [-0.3, -0.25) is 9.48 Å². The Morgan fingerprint density at radius 1 is 0.846 bits per heavy atom. The second-order valence-electron chi connectivity index (χ2n) is 6.87. The Balaban J connectivity index is 0.000000301. The molecular weight excluding hydrogens is 343 g/mol. The van der Waals surface area contributed by atoms with E-state index in [-0.39, 0.29) is 0 Å². The molecule has 0 fully saturated rings. The smallest absolute Gasteiger partial charge is 0.418 e. The molecule has 2 atom stereocenters. The molecule has 2 aromatic carbocycles. The maximum Gasteiger partial charge on any atom is 0.673 e. The molecule has 0 saturated heterocycles. The molecule has 0 bridgehead atoms. The van der Waals surface area contributed by atoms with Crippen LogP contribution >= 0.6 is 0 Å². The molecule has 3 aliphatic rings. The Hall–Kier alpha value is -2.31. The number of rotatable bonds is 0. The maximum absolute atomic E-state index is 9.75. The Morgan fingerprint density at radius 2 is 1.42 bits per heavy atom. The Kier molecular flexibility index (Phi) is 4.25. The molecule has 26 heavy (non-hydrogen) atoms. The van der Waals surface area contributed by atoms with E-state index in [1.807, 2.05) is 0 Å². The van der Waals surface area contributed by atoms with Crippen molar-refractivity contribution in [2.75, 3.05) is 13.1 Å². The van der Waals surface area contributed by atoms with Crippen molar-refractivity contribution in [2.45, 2.75) is 24.9 Å². The van der Waals surface area contributed by atoms with Crippen LogP contribution in [0, 0.1) is 0 Å². The zero-order valence-corrected chi connectivity index (χ0v) is 14.2. The number of hydrogen-bond acceptors (Lipinski definition) is 1. The van der Waals surface area contributed by atoms with Crippen LogP contribution in [-0.2, 0) is 12.8 Å². The molecule has 0 aliphatic carbocycles. The molecular formula is C19H19BF4N2. The van der Waals surface area contributed by atoms with Crippen molar-refractivity contribution in [2.24, 2.45) is 0 Å². The van der Waals surface area contributed by atoms with Gasteiger partial charge in [0.15, 0.2) is 12.1 Å². The van der Waals surface area contributed by atoms with Gasteiger partial charge in [-0.05, 0) is 11.1 Å². The minimum absolute atomic E-state index is 0.497. The van der Waals surface area contributed by atoms with E-state index in [4.69, 9.17) is 0 Å². The van der Waals surface area contributed by atoms with Gasteiger partial charge in [0.1, 0.15) is 0 Å². The van der Waals surface area contributed by atoms with Crippen molar-refractivity contribution in [3.8, 4) is 0 Å². The van der Waals surface area contributed by atoms with Gasteiger partial charge in [0.2, 0.25) is 6.34 Å². The summed E-state index contributed by atoms with van der Waals surface area (Å²) in [5.41, 5.74) is 6.14. The van der Waals surface area contributed by atoms with Crippen LogP contribution in [0.25, 0.3) is 0 Å². The van der Waals surface area contributed by atoms with Crippen molar-refractivity contribution >= 4 is 13.6 Å². The van der Waals surface area contributed by atoms with Crippen LogP contribution in [0.4, 0.5) is 17.3 Å². The molecule has 0 aromatic heterocycles.